The van der Waals surface area contributed by atoms with Crippen molar-refractivity contribution in [1.82, 2.24) is 9.97 Å². The monoisotopic (exact) mass is 324 g/mol. The second-order valence-corrected chi connectivity index (χ2v) is 5.58. The average Bonchev–Trinajstić information content (AvgIpc) is 2.70. The molecule has 3 nitrogen and oxygen atoms in total. The molecular weight excluding hydrogens is 308 g/mol. The van der Waals surface area contributed by atoms with Crippen LogP contribution in [0.2, 0.25) is 0 Å². The van der Waals surface area contributed by atoms with Crippen LogP contribution in [0.4, 0.5) is 0 Å². The number of ether oxygens (including phenoxy) is 1. The predicted octanol–water partition coefficient (Wildman–Crippen LogP) is 5.60. The van der Waals surface area contributed by atoms with Crippen LogP contribution in [-0.4, -0.2) is 9.97 Å². The molecule has 4 rings (SSSR count). The van der Waals surface area contributed by atoms with Gasteiger partial charge in [0.05, 0.1) is 5.69 Å². The Balaban J connectivity index is 1.65. The lowest BCUT2D eigenvalue weighted by atomic mass is 10.0. The molecule has 0 unspecified atom stereocenters. The van der Waals surface area contributed by atoms with Gasteiger partial charge in [-0.1, -0.05) is 60.7 Å². The molecule has 4 aromatic rings. The van der Waals surface area contributed by atoms with E-state index < -0.39 is 0 Å². The van der Waals surface area contributed by atoms with Crippen molar-refractivity contribution < 1.29 is 4.74 Å². The first-order valence-electron chi connectivity index (χ1n) is 8.10. The summed E-state index contributed by atoms with van der Waals surface area (Å²) in [4.78, 5) is 8.78. The second kappa shape index (κ2) is 6.97. The average molecular weight is 324 g/mol. The van der Waals surface area contributed by atoms with Crippen LogP contribution in [0.15, 0.2) is 97.2 Å². The van der Waals surface area contributed by atoms with E-state index >= 15 is 0 Å². The minimum Gasteiger partial charge on any atom is -0.421 e. The Kier molecular flexibility index (Phi) is 4.21. The van der Waals surface area contributed by atoms with Gasteiger partial charge < -0.3 is 4.74 Å². The molecule has 0 aliphatic heterocycles. The molecule has 0 amide bonds. The first-order chi connectivity index (χ1) is 12.4. The van der Waals surface area contributed by atoms with E-state index in [1.165, 1.54) is 5.56 Å². The zero-order chi connectivity index (χ0) is 16.9. The SMILES string of the molecule is c1ccc(-c2cccc(-c3cccc(Oc4ccccn4)n3)c2)cc1. The lowest BCUT2D eigenvalue weighted by Gasteiger charge is -2.08. The maximum Gasteiger partial charge on any atom is 0.221 e. The zero-order valence-corrected chi connectivity index (χ0v) is 13.5. The van der Waals surface area contributed by atoms with E-state index in [-0.39, 0.29) is 0 Å². The van der Waals surface area contributed by atoms with Crippen molar-refractivity contribution in [3.8, 4) is 34.1 Å². The summed E-state index contributed by atoms with van der Waals surface area (Å²) in [6.45, 7) is 0. The summed E-state index contributed by atoms with van der Waals surface area (Å²) in [6, 6.07) is 30.0. The third-order valence-corrected chi connectivity index (χ3v) is 3.84. The first-order valence-corrected chi connectivity index (χ1v) is 8.10. The minimum atomic E-state index is 0.529. The van der Waals surface area contributed by atoms with E-state index in [4.69, 9.17) is 4.74 Å². The lowest BCUT2D eigenvalue weighted by molar-refractivity contribution is 0.445. The molecule has 0 fully saturated rings. The molecule has 25 heavy (non-hydrogen) atoms. The molecule has 2 aromatic carbocycles. The Hall–Kier alpha value is -3.46. The van der Waals surface area contributed by atoms with E-state index in [0.29, 0.717) is 11.8 Å². The number of nitrogens with zero attached hydrogens (tertiary/aromatic N) is 2. The summed E-state index contributed by atoms with van der Waals surface area (Å²) in [6.07, 6.45) is 1.70. The highest BCUT2D eigenvalue weighted by Crippen LogP contribution is 2.27. The summed E-state index contributed by atoms with van der Waals surface area (Å²) in [5, 5.41) is 0. The van der Waals surface area contributed by atoms with Crippen LogP contribution in [0.1, 0.15) is 0 Å². The van der Waals surface area contributed by atoms with Crippen molar-refractivity contribution in [3.63, 3.8) is 0 Å². The third-order valence-electron chi connectivity index (χ3n) is 3.84. The third kappa shape index (κ3) is 3.56. The van der Waals surface area contributed by atoms with Crippen LogP contribution in [0.25, 0.3) is 22.4 Å². The van der Waals surface area contributed by atoms with Crippen LogP contribution < -0.4 is 4.74 Å². The first kappa shape index (κ1) is 15.1. The van der Waals surface area contributed by atoms with Crippen LogP contribution in [-0.2, 0) is 0 Å². The van der Waals surface area contributed by atoms with Crippen LogP contribution in [0.5, 0.6) is 11.8 Å². The van der Waals surface area contributed by atoms with E-state index in [9.17, 15) is 0 Å². The molecule has 2 heterocycles. The van der Waals surface area contributed by atoms with Gasteiger partial charge >= 0.3 is 0 Å². The van der Waals surface area contributed by atoms with Gasteiger partial charge in [-0.2, -0.15) is 0 Å². The fourth-order valence-electron chi connectivity index (χ4n) is 2.64. The molecule has 3 heteroatoms. The fraction of sp³-hybridized carbons (Fsp3) is 0. The van der Waals surface area contributed by atoms with Gasteiger partial charge in [-0.3, -0.25) is 0 Å². The van der Waals surface area contributed by atoms with Gasteiger partial charge in [0.15, 0.2) is 0 Å². The van der Waals surface area contributed by atoms with Crippen molar-refractivity contribution >= 4 is 0 Å². The highest BCUT2D eigenvalue weighted by molar-refractivity contribution is 5.71. The Morgan fingerprint density at radius 1 is 0.560 bits per heavy atom. The molecule has 0 aliphatic carbocycles. The van der Waals surface area contributed by atoms with Crippen molar-refractivity contribution in [2.24, 2.45) is 0 Å². The highest BCUT2D eigenvalue weighted by Gasteiger charge is 2.05. The van der Waals surface area contributed by atoms with Gasteiger partial charge in [-0.25, -0.2) is 9.97 Å². The number of aromatic nitrogens is 2. The largest absolute Gasteiger partial charge is 0.421 e. The summed E-state index contributed by atoms with van der Waals surface area (Å²) < 4.78 is 5.73. The Labute approximate surface area is 146 Å². The van der Waals surface area contributed by atoms with Gasteiger partial charge in [-0.05, 0) is 29.3 Å². The number of rotatable bonds is 4. The number of hydrogen-bond acceptors (Lipinski definition) is 3. The normalized spacial score (nSPS) is 10.4. The molecule has 0 aliphatic rings. The molecule has 0 spiro atoms. The molecule has 0 saturated heterocycles. The molecule has 2 aromatic heterocycles. The van der Waals surface area contributed by atoms with Gasteiger partial charge in [0, 0.05) is 23.9 Å². The number of benzene rings is 2. The molecule has 0 atom stereocenters. The quantitative estimate of drug-likeness (QED) is 0.490. The molecule has 0 N–H and O–H groups in total. The van der Waals surface area contributed by atoms with Crippen LogP contribution >= 0.6 is 0 Å². The fourth-order valence-corrected chi connectivity index (χ4v) is 2.64. The Morgan fingerprint density at radius 3 is 2.12 bits per heavy atom. The lowest BCUT2D eigenvalue weighted by Crippen LogP contribution is -1.91. The van der Waals surface area contributed by atoms with Gasteiger partial charge in [0.25, 0.3) is 0 Å². The number of hydrogen-bond donors (Lipinski definition) is 0. The topological polar surface area (TPSA) is 35.0 Å². The zero-order valence-electron chi connectivity index (χ0n) is 13.5. The van der Waals surface area contributed by atoms with Crippen molar-refractivity contribution in [2.45, 2.75) is 0 Å². The maximum atomic E-state index is 5.73. The van der Waals surface area contributed by atoms with Gasteiger partial charge in [0.1, 0.15) is 0 Å². The standard InChI is InChI=1S/C22H16N2O/c1-2-8-17(9-3-1)18-10-6-11-19(16-18)20-12-7-14-22(24-20)25-21-13-4-5-15-23-21/h1-16H. The van der Waals surface area contributed by atoms with E-state index in [1.807, 2.05) is 60.7 Å². The molecule has 0 radical (unpaired) electrons. The van der Waals surface area contributed by atoms with E-state index in [1.54, 1.807) is 6.20 Å². The van der Waals surface area contributed by atoms with Crippen LogP contribution in [0, 0.1) is 0 Å². The summed E-state index contributed by atoms with van der Waals surface area (Å²) >= 11 is 0. The van der Waals surface area contributed by atoms with E-state index in [0.717, 1.165) is 16.8 Å². The van der Waals surface area contributed by atoms with Gasteiger partial charge in [0.2, 0.25) is 11.8 Å². The van der Waals surface area contributed by atoms with Crippen molar-refractivity contribution in [2.75, 3.05) is 0 Å². The van der Waals surface area contributed by atoms with Gasteiger partial charge in [-0.15, -0.1) is 0 Å². The van der Waals surface area contributed by atoms with Crippen molar-refractivity contribution in [1.29, 1.82) is 0 Å². The maximum absolute atomic E-state index is 5.73. The van der Waals surface area contributed by atoms with Crippen molar-refractivity contribution in [3.05, 3.63) is 97.2 Å². The highest BCUT2D eigenvalue weighted by atomic mass is 16.5. The van der Waals surface area contributed by atoms with E-state index in [2.05, 4.69) is 40.3 Å². The summed E-state index contributed by atoms with van der Waals surface area (Å²) in [5.74, 6) is 1.06. The van der Waals surface area contributed by atoms with Crippen LogP contribution in [0.3, 0.4) is 0 Å². The molecule has 0 saturated carbocycles. The molecular formula is C22H16N2O. The predicted molar refractivity (Wildman–Crippen MR) is 99.4 cm³/mol. The smallest absolute Gasteiger partial charge is 0.221 e. The molecule has 0 bridgehead atoms. The Morgan fingerprint density at radius 2 is 1.28 bits per heavy atom. The number of pyridine rings is 2. The molecule has 120 valence electrons. The summed E-state index contributed by atoms with van der Waals surface area (Å²) in [5.41, 5.74) is 4.26. The second-order valence-electron chi connectivity index (χ2n) is 5.58. The Bertz CT molecular complexity index is 969. The minimum absolute atomic E-state index is 0.529. The summed E-state index contributed by atoms with van der Waals surface area (Å²) in [7, 11) is 0.